The molecule has 0 aromatic heterocycles. The molecule has 18 heavy (non-hydrogen) atoms. The molecule has 2 atom stereocenters. The van der Waals surface area contributed by atoms with E-state index in [4.69, 9.17) is 10.5 Å². The summed E-state index contributed by atoms with van der Waals surface area (Å²) in [6.07, 6.45) is 0.0876. The van der Waals surface area contributed by atoms with Gasteiger partial charge in [0.2, 0.25) is 5.91 Å². The minimum atomic E-state index is -0.656. The van der Waals surface area contributed by atoms with Gasteiger partial charge in [-0.05, 0) is 11.8 Å². The third kappa shape index (κ3) is 6.93. The Morgan fingerprint density at radius 1 is 1.44 bits per heavy atom. The second-order valence-electron chi connectivity index (χ2n) is 6.03. The van der Waals surface area contributed by atoms with Gasteiger partial charge in [0.05, 0.1) is 18.6 Å². The summed E-state index contributed by atoms with van der Waals surface area (Å²) < 4.78 is 4.84. The average molecular weight is 260 g/mol. The lowest BCUT2D eigenvalue weighted by molar-refractivity contribution is -0.136. The fourth-order valence-corrected chi connectivity index (χ4v) is 1.97. The Balaban J connectivity index is 4.40. The fraction of sp³-hybridized carbons (Fsp3) is 0.923. The normalized spacial score (nSPS) is 15.3. The summed E-state index contributed by atoms with van der Waals surface area (Å²) in [7, 11) is 3.21. The molecule has 0 saturated carbocycles. The van der Waals surface area contributed by atoms with Gasteiger partial charge < -0.3 is 20.5 Å². The van der Waals surface area contributed by atoms with E-state index in [0.29, 0.717) is 6.54 Å². The number of aliphatic hydroxyl groups excluding tert-OH is 1. The number of hydrogen-bond donors (Lipinski definition) is 2. The number of nitrogens with two attached hydrogens (primary N) is 1. The SMILES string of the molecule is COCC(O)CN(C)C(=O)C(CN)CC(C)(C)C. The summed E-state index contributed by atoms with van der Waals surface area (Å²) in [5, 5.41) is 9.61. The Hall–Kier alpha value is -0.650. The van der Waals surface area contributed by atoms with E-state index < -0.39 is 6.10 Å². The van der Waals surface area contributed by atoms with E-state index in [0.717, 1.165) is 6.42 Å². The van der Waals surface area contributed by atoms with Crippen LogP contribution in [-0.4, -0.2) is 55.9 Å². The van der Waals surface area contributed by atoms with Gasteiger partial charge in [-0.25, -0.2) is 0 Å². The lowest BCUT2D eigenvalue weighted by atomic mass is 9.84. The Bertz CT molecular complexity index is 251. The summed E-state index contributed by atoms with van der Waals surface area (Å²) in [4.78, 5) is 13.7. The highest BCUT2D eigenvalue weighted by Crippen LogP contribution is 2.24. The first-order valence-electron chi connectivity index (χ1n) is 6.33. The van der Waals surface area contributed by atoms with Crippen LogP contribution in [0.15, 0.2) is 0 Å². The molecule has 0 heterocycles. The van der Waals surface area contributed by atoms with Gasteiger partial charge in [-0.1, -0.05) is 20.8 Å². The molecule has 108 valence electrons. The molecule has 0 fully saturated rings. The van der Waals surface area contributed by atoms with Crippen LogP contribution in [0.1, 0.15) is 27.2 Å². The van der Waals surface area contributed by atoms with Gasteiger partial charge in [-0.2, -0.15) is 0 Å². The number of carbonyl (C=O) groups is 1. The van der Waals surface area contributed by atoms with Crippen LogP contribution < -0.4 is 5.73 Å². The number of aliphatic hydroxyl groups is 1. The first-order chi connectivity index (χ1) is 8.21. The van der Waals surface area contributed by atoms with Crippen molar-refractivity contribution in [3.63, 3.8) is 0 Å². The number of carbonyl (C=O) groups excluding carboxylic acids is 1. The van der Waals surface area contributed by atoms with Crippen LogP contribution in [0.2, 0.25) is 0 Å². The third-order valence-electron chi connectivity index (χ3n) is 2.71. The highest BCUT2D eigenvalue weighted by molar-refractivity contribution is 5.78. The first kappa shape index (κ1) is 17.4. The van der Waals surface area contributed by atoms with Crippen molar-refractivity contribution < 1.29 is 14.6 Å². The lowest BCUT2D eigenvalue weighted by Gasteiger charge is -2.29. The molecule has 0 spiro atoms. The number of nitrogens with zero attached hydrogens (tertiary/aromatic N) is 1. The Kier molecular flexibility index (Phi) is 7.43. The standard InChI is InChI=1S/C13H28N2O3/c1-13(2,3)6-10(7-14)12(17)15(4)8-11(16)9-18-5/h10-11,16H,6-9,14H2,1-5H3. The molecule has 5 heteroatoms. The van der Waals surface area contributed by atoms with Crippen molar-refractivity contribution in [2.24, 2.45) is 17.1 Å². The van der Waals surface area contributed by atoms with Crippen molar-refractivity contribution >= 4 is 5.91 Å². The van der Waals surface area contributed by atoms with E-state index in [2.05, 4.69) is 20.8 Å². The van der Waals surface area contributed by atoms with Gasteiger partial charge in [0.25, 0.3) is 0 Å². The summed E-state index contributed by atoms with van der Waals surface area (Å²) in [5.41, 5.74) is 5.73. The number of amides is 1. The molecule has 0 aromatic rings. The molecule has 0 rings (SSSR count). The lowest BCUT2D eigenvalue weighted by Crippen LogP contribution is -2.42. The van der Waals surface area contributed by atoms with Gasteiger partial charge in [-0.3, -0.25) is 4.79 Å². The van der Waals surface area contributed by atoms with Crippen LogP contribution in [0, 0.1) is 11.3 Å². The van der Waals surface area contributed by atoms with Crippen LogP contribution in [0.4, 0.5) is 0 Å². The van der Waals surface area contributed by atoms with Crippen molar-refractivity contribution in [3.8, 4) is 0 Å². The second-order valence-corrected chi connectivity index (χ2v) is 6.03. The molecule has 2 unspecified atom stereocenters. The maximum atomic E-state index is 12.2. The van der Waals surface area contributed by atoms with Gasteiger partial charge in [-0.15, -0.1) is 0 Å². The van der Waals surface area contributed by atoms with Crippen LogP contribution in [-0.2, 0) is 9.53 Å². The molecule has 0 aromatic carbocycles. The zero-order chi connectivity index (χ0) is 14.3. The summed E-state index contributed by atoms with van der Waals surface area (Å²) in [6.45, 7) is 7.09. The quantitative estimate of drug-likeness (QED) is 0.697. The topological polar surface area (TPSA) is 75.8 Å². The van der Waals surface area contributed by atoms with Crippen LogP contribution in [0.25, 0.3) is 0 Å². The van der Waals surface area contributed by atoms with E-state index in [-0.39, 0.29) is 30.4 Å². The average Bonchev–Trinajstić information content (AvgIpc) is 2.23. The fourth-order valence-electron chi connectivity index (χ4n) is 1.97. The molecule has 0 aliphatic heterocycles. The molecule has 0 radical (unpaired) electrons. The molecule has 5 nitrogen and oxygen atoms in total. The predicted octanol–water partition coefficient (Wildman–Crippen LogP) is 0.463. The minimum absolute atomic E-state index is 0.0115. The maximum absolute atomic E-state index is 12.2. The van der Waals surface area contributed by atoms with Crippen molar-refractivity contribution in [1.82, 2.24) is 4.90 Å². The Morgan fingerprint density at radius 2 is 2.00 bits per heavy atom. The van der Waals surface area contributed by atoms with Crippen molar-refractivity contribution in [2.75, 3.05) is 33.9 Å². The van der Waals surface area contributed by atoms with Gasteiger partial charge in [0.1, 0.15) is 0 Å². The molecular weight excluding hydrogens is 232 g/mol. The third-order valence-corrected chi connectivity index (χ3v) is 2.71. The van der Waals surface area contributed by atoms with Crippen LogP contribution >= 0.6 is 0 Å². The second kappa shape index (κ2) is 7.71. The molecular formula is C13H28N2O3. The van der Waals surface area contributed by atoms with Gasteiger partial charge in [0.15, 0.2) is 0 Å². The number of likely N-dealkylation sites (N-methyl/N-ethyl adjacent to an activating group) is 1. The van der Waals surface area contributed by atoms with E-state index in [1.165, 1.54) is 12.0 Å². The summed E-state index contributed by atoms with van der Waals surface area (Å²) >= 11 is 0. The number of hydrogen-bond acceptors (Lipinski definition) is 4. The Morgan fingerprint density at radius 3 is 2.39 bits per heavy atom. The summed E-state index contributed by atoms with van der Waals surface area (Å²) in [6, 6.07) is 0. The zero-order valence-electron chi connectivity index (χ0n) is 12.3. The smallest absolute Gasteiger partial charge is 0.226 e. The number of rotatable bonds is 7. The molecule has 1 amide bonds. The highest BCUT2D eigenvalue weighted by atomic mass is 16.5. The van der Waals surface area contributed by atoms with E-state index in [9.17, 15) is 9.90 Å². The first-order valence-corrected chi connectivity index (χ1v) is 6.33. The molecule has 0 aliphatic rings. The molecule has 0 aliphatic carbocycles. The zero-order valence-corrected chi connectivity index (χ0v) is 12.3. The Labute approximate surface area is 110 Å². The number of methoxy groups -OCH3 is 1. The monoisotopic (exact) mass is 260 g/mol. The van der Waals surface area contributed by atoms with Gasteiger partial charge >= 0.3 is 0 Å². The molecule has 0 bridgehead atoms. The van der Waals surface area contributed by atoms with E-state index in [1.54, 1.807) is 7.05 Å². The predicted molar refractivity (Wildman–Crippen MR) is 72.1 cm³/mol. The van der Waals surface area contributed by atoms with Crippen LogP contribution in [0.3, 0.4) is 0 Å². The number of ether oxygens (including phenoxy) is 1. The van der Waals surface area contributed by atoms with Crippen LogP contribution in [0.5, 0.6) is 0 Å². The maximum Gasteiger partial charge on any atom is 0.226 e. The summed E-state index contributed by atoms with van der Waals surface area (Å²) in [5.74, 6) is -0.202. The largest absolute Gasteiger partial charge is 0.389 e. The van der Waals surface area contributed by atoms with Crippen molar-refractivity contribution in [2.45, 2.75) is 33.3 Å². The molecule has 0 saturated heterocycles. The highest BCUT2D eigenvalue weighted by Gasteiger charge is 2.26. The minimum Gasteiger partial charge on any atom is -0.389 e. The van der Waals surface area contributed by atoms with Crippen molar-refractivity contribution in [1.29, 1.82) is 0 Å². The van der Waals surface area contributed by atoms with E-state index >= 15 is 0 Å². The van der Waals surface area contributed by atoms with E-state index in [1.807, 2.05) is 0 Å². The van der Waals surface area contributed by atoms with Gasteiger partial charge in [0, 0.05) is 27.2 Å². The molecule has 3 N–H and O–H groups in total. The van der Waals surface area contributed by atoms with Crippen molar-refractivity contribution in [3.05, 3.63) is 0 Å².